The summed E-state index contributed by atoms with van der Waals surface area (Å²) in [5.74, 6) is -2.73. The van der Waals surface area contributed by atoms with Crippen molar-refractivity contribution in [3.8, 4) is 0 Å². The number of amides is 4. The topological polar surface area (TPSA) is 239 Å². The number of hydrogen-bond acceptors (Lipinski definition) is 15. The van der Waals surface area contributed by atoms with E-state index < -0.39 is 80.4 Å². The van der Waals surface area contributed by atoms with E-state index in [1.807, 2.05) is 0 Å². The average Bonchev–Trinajstić information content (AvgIpc) is 3.20. The molecule has 2 fully saturated rings. The van der Waals surface area contributed by atoms with Crippen molar-refractivity contribution in [1.82, 2.24) is 19.6 Å². The lowest BCUT2D eigenvalue weighted by Crippen LogP contribution is -2.59. The molecule has 4 rings (SSSR count). The minimum Gasteiger partial charge on any atom is -0.467 e. The molecule has 328 valence electrons. The van der Waals surface area contributed by atoms with E-state index >= 15 is 0 Å². The van der Waals surface area contributed by atoms with Gasteiger partial charge in [0.1, 0.15) is 23.3 Å². The van der Waals surface area contributed by atoms with Gasteiger partial charge in [0.15, 0.2) is 0 Å². The summed E-state index contributed by atoms with van der Waals surface area (Å²) in [4.78, 5) is 105. The zero-order valence-corrected chi connectivity index (χ0v) is 35.8. The Morgan fingerprint density at radius 3 is 1.31 bits per heavy atom. The molecular formula is C40H48N6O14S. The molecule has 0 saturated carbocycles. The maximum Gasteiger partial charge on any atom is 0.410 e. The molecule has 0 spiro atoms. The Hall–Kier alpha value is -6.51. The number of ether oxygens (including phenoxy) is 4. The number of methoxy groups -OCH3 is 2. The number of rotatable bonds is 10. The highest BCUT2D eigenvalue weighted by atomic mass is 32.2. The van der Waals surface area contributed by atoms with Gasteiger partial charge in [0.25, 0.3) is 11.4 Å². The van der Waals surface area contributed by atoms with Gasteiger partial charge in [0.2, 0.25) is 11.8 Å². The molecule has 21 heteroatoms. The summed E-state index contributed by atoms with van der Waals surface area (Å²) in [7, 11) is 2.31. The number of piperazine rings is 2. The SMILES string of the molecule is COC(=O)C1CN(C(=O)OC(C)(C)C)CCN1C(=O)/C=C/c1ccc(Sc2ccc(/C=C/C(=O)N3CCN(C(=O)OC(C)(C)C)CC3C(=O)OC)cc2[N+](=O)[O-])c([N+](=O)[O-])c1. The Morgan fingerprint density at radius 1 is 0.639 bits per heavy atom. The maximum atomic E-state index is 13.3. The summed E-state index contributed by atoms with van der Waals surface area (Å²) < 4.78 is 20.5. The Kier molecular flexibility index (Phi) is 15.2. The maximum absolute atomic E-state index is 13.3. The van der Waals surface area contributed by atoms with Crippen molar-refractivity contribution in [3.63, 3.8) is 0 Å². The standard InChI is InChI=1S/C40H48N6O14S/c1-39(2,3)59-37(51)41-17-19-43(29(23-41)35(49)57-7)33(47)15-11-25-9-13-31(27(21-25)45(53)54)61-32-14-10-26(22-28(32)46(55)56)12-16-34(48)44-20-18-42(24-30(44)36(50)58-8)38(52)60-40(4,5)6/h9-16,21-22,29-30H,17-20,23-24H2,1-8H3/b15-11+,16-12+. The number of carbonyl (C=O) groups is 6. The molecule has 0 aliphatic carbocycles. The normalized spacial score (nSPS) is 17.2. The van der Waals surface area contributed by atoms with Gasteiger partial charge in [-0.2, -0.15) is 0 Å². The van der Waals surface area contributed by atoms with E-state index in [1.165, 1.54) is 68.1 Å². The van der Waals surface area contributed by atoms with Gasteiger partial charge >= 0.3 is 24.1 Å². The first-order chi connectivity index (χ1) is 28.5. The number of nitro benzene ring substituents is 2. The van der Waals surface area contributed by atoms with E-state index in [4.69, 9.17) is 18.9 Å². The van der Waals surface area contributed by atoms with Crippen LogP contribution in [-0.4, -0.2) is 142 Å². The fraction of sp³-hybridized carbons (Fsp3) is 0.450. The van der Waals surface area contributed by atoms with Crippen LogP contribution in [0.15, 0.2) is 58.3 Å². The number of benzene rings is 2. The van der Waals surface area contributed by atoms with Crippen molar-refractivity contribution < 1.29 is 57.6 Å². The van der Waals surface area contributed by atoms with Crippen LogP contribution >= 0.6 is 11.8 Å². The summed E-state index contributed by atoms with van der Waals surface area (Å²) in [5, 5.41) is 24.4. The minimum atomic E-state index is -1.14. The van der Waals surface area contributed by atoms with Crippen LogP contribution in [0.5, 0.6) is 0 Å². The lowest BCUT2D eigenvalue weighted by molar-refractivity contribution is -0.388. The molecule has 0 N–H and O–H groups in total. The van der Waals surface area contributed by atoms with Gasteiger partial charge in [-0.3, -0.25) is 29.8 Å². The molecule has 0 radical (unpaired) electrons. The van der Waals surface area contributed by atoms with Gasteiger partial charge < -0.3 is 38.5 Å². The molecule has 2 heterocycles. The summed E-state index contributed by atoms with van der Waals surface area (Å²) in [6.45, 7) is 9.95. The van der Waals surface area contributed by atoms with Gasteiger partial charge in [0, 0.05) is 50.5 Å². The highest BCUT2D eigenvalue weighted by Crippen LogP contribution is 2.40. The predicted octanol–water partition coefficient (Wildman–Crippen LogP) is 4.92. The van der Waals surface area contributed by atoms with Crippen LogP contribution < -0.4 is 0 Å². The van der Waals surface area contributed by atoms with Crippen LogP contribution in [0.1, 0.15) is 52.7 Å². The fourth-order valence-electron chi connectivity index (χ4n) is 6.13. The third kappa shape index (κ3) is 12.7. The van der Waals surface area contributed by atoms with Crippen LogP contribution in [0.2, 0.25) is 0 Å². The van der Waals surface area contributed by atoms with E-state index in [-0.39, 0.29) is 60.2 Å². The number of carbonyl (C=O) groups excluding carboxylic acids is 6. The minimum absolute atomic E-state index is 0.0217. The number of hydrogen-bond donors (Lipinski definition) is 0. The molecular weight excluding hydrogens is 821 g/mol. The first-order valence-corrected chi connectivity index (χ1v) is 19.7. The van der Waals surface area contributed by atoms with Gasteiger partial charge in [-0.1, -0.05) is 23.9 Å². The van der Waals surface area contributed by atoms with Gasteiger partial charge in [-0.05, 0) is 77.0 Å². The van der Waals surface area contributed by atoms with Crippen molar-refractivity contribution in [2.24, 2.45) is 0 Å². The molecule has 2 saturated heterocycles. The van der Waals surface area contributed by atoms with E-state index in [1.54, 1.807) is 41.5 Å². The Bertz CT molecular complexity index is 1980. The quantitative estimate of drug-likeness (QED) is 0.101. The van der Waals surface area contributed by atoms with E-state index in [0.29, 0.717) is 0 Å². The monoisotopic (exact) mass is 868 g/mol. The predicted molar refractivity (Wildman–Crippen MR) is 219 cm³/mol. The second kappa shape index (κ2) is 19.7. The van der Waals surface area contributed by atoms with Crippen molar-refractivity contribution in [2.45, 2.75) is 74.6 Å². The molecule has 2 aromatic rings. The molecule has 2 unspecified atom stereocenters. The first-order valence-electron chi connectivity index (χ1n) is 18.9. The summed E-state index contributed by atoms with van der Waals surface area (Å²) >= 11 is 0.763. The second-order valence-corrected chi connectivity index (χ2v) is 16.8. The lowest BCUT2D eigenvalue weighted by atomic mass is 10.1. The average molecular weight is 869 g/mol. The van der Waals surface area contributed by atoms with Crippen LogP contribution in [0.25, 0.3) is 12.2 Å². The highest BCUT2D eigenvalue weighted by Gasteiger charge is 2.40. The summed E-state index contributed by atoms with van der Waals surface area (Å²) in [6, 6.07) is 5.80. The van der Waals surface area contributed by atoms with Crippen molar-refractivity contribution in [2.75, 3.05) is 53.5 Å². The smallest absolute Gasteiger partial charge is 0.410 e. The van der Waals surface area contributed by atoms with E-state index in [0.717, 1.165) is 38.1 Å². The molecule has 2 atom stereocenters. The zero-order valence-electron chi connectivity index (χ0n) is 35.0. The van der Waals surface area contributed by atoms with Crippen molar-refractivity contribution >= 4 is 71.2 Å². The Morgan fingerprint density at radius 2 is 1.00 bits per heavy atom. The molecule has 20 nitrogen and oxygen atoms in total. The zero-order chi connectivity index (χ0) is 45.4. The van der Waals surface area contributed by atoms with Gasteiger partial charge in [-0.15, -0.1) is 0 Å². The first kappa shape index (κ1) is 47.2. The lowest BCUT2D eigenvalue weighted by Gasteiger charge is -2.39. The molecule has 61 heavy (non-hydrogen) atoms. The van der Waals surface area contributed by atoms with Crippen LogP contribution in [0, 0.1) is 20.2 Å². The number of esters is 2. The molecule has 2 aliphatic heterocycles. The van der Waals surface area contributed by atoms with E-state index in [9.17, 15) is 49.0 Å². The van der Waals surface area contributed by atoms with E-state index in [2.05, 4.69) is 0 Å². The van der Waals surface area contributed by atoms with Gasteiger partial charge in [-0.25, -0.2) is 19.2 Å². The number of nitrogens with zero attached hydrogens (tertiary/aromatic N) is 6. The molecule has 4 amide bonds. The molecule has 0 bridgehead atoms. The Balaban J connectivity index is 1.49. The summed E-state index contributed by atoms with van der Waals surface area (Å²) in [5.41, 5.74) is -1.89. The summed E-state index contributed by atoms with van der Waals surface area (Å²) in [6.07, 6.45) is 3.59. The highest BCUT2D eigenvalue weighted by molar-refractivity contribution is 7.99. The Labute approximate surface area is 355 Å². The van der Waals surface area contributed by atoms with Crippen LogP contribution in [-0.2, 0) is 38.1 Å². The largest absolute Gasteiger partial charge is 0.467 e. The molecule has 2 aliphatic rings. The van der Waals surface area contributed by atoms with Crippen LogP contribution in [0.4, 0.5) is 21.0 Å². The van der Waals surface area contributed by atoms with Crippen LogP contribution in [0.3, 0.4) is 0 Å². The third-order valence-electron chi connectivity index (χ3n) is 8.99. The molecule has 0 aromatic heterocycles. The molecule has 2 aromatic carbocycles. The van der Waals surface area contributed by atoms with Crippen molar-refractivity contribution in [3.05, 3.63) is 79.9 Å². The van der Waals surface area contributed by atoms with Gasteiger partial charge in [0.05, 0.1) is 46.9 Å². The number of nitro groups is 2. The third-order valence-corrected chi connectivity index (χ3v) is 10.1. The fourth-order valence-corrected chi connectivity index (χ4v) is 7.12. The van der Waals surface area contributed by atoms with Crippen molar-refractivity contribution in [1.29, 1.82) is 0 Å². The second-order valence-electron chi connectivity index (χ2n) is 15.7.